The van der Waals surface area contributed by atoms with Gasteiger partial charge in [0.15, 0.2) is 11.9 Å². The maximum Gasteiger partial charge on any atom is 0.370 e. The van der Waals surface area contributed by atoms with Gasteiger partial charge < -0.3 is 47.0 Å². The second-order valence-electron chi connectivity index (χ2n) is 5.79. The lowest BCUT2D eigenvalue weighted by Gasteiger charge is -2.40. The lowest BCUT2D eigenvalue weighted by atomic mass is 9.91. The Kier molecular flexibility index (Phi) is 7.87. The van der Waals surface area contributed by atoms with Crippen LogP contribution in [0.4, 0.5) is 0 Å². The first-order valence-corrected chi connectivity index (χ1v) is 7.92. The van der Waals surface area contributed by atoms with Crippen LogP contribution in [0, 0.1) is 10.8 Å². The minimum Gasteiger partial charge on any atom is -0.478 e. The molecule has 13 nitrogen and oxygen atoms in total. The van der Waals surface area contributed by atoms with Crippen LogP contribution in [-0.4, -0.2) is 84.0 Å². The van der Waals surface area contributed by atoms with Crippen molar-refractivity contribution in [1.29, 1.82) is 10.8 Å². The maximum absolute atomic E-state index is 11.5. The molecule has 11 N–H and O–H groups in total. The van der Waals surface area contributed by atoms with Crippen LogP contribution in [0.25, 0.3) is 0 Å². The molecular formula is C13H24BN7O6. The van der Waals surface area contributed by atoms with Crippen molar-refractivity contribution in [2.75, 3.05) is 6.54 Å². The summed E-state index contributed by atoms with van der Waals surface area (Å²) in [6.07, 6.45) is -3.37. The Morgan fingerprint density at radius 3 is 2.48 bits per heavy atom. The Balaban J connectivity index is 3.11. The van der Waals surface area contributed by atoms with Gasteiger partial charge in [0.05, 0.1) is 12.1 Å². The maximum atomic E-state index is 11.5. The second kappa shape index (κ2) is 9.63. The van der Waals surface area contributed by atoms with Gasteiger partial charge >= 0.3 is 5.97 Å². The van der Waals surface area contributed by atoms with E-state index in [2.05, 4.69) is 21.2 Å². The number of nitrogens with two attached hydrogens (primary N) is 1. The lowest BCUT2D eigenvalue weighted by molar-refractivity contribution is -0.144. The first kappa shape index (κ1) is 22.0. The summed E-state index contributed by atoms with van der Waals surface area (Å²) in [5, 5.41) is 54.6. The van der Waals surface area contributed by atoms with E-state index in [4.69, 9.17) is 21.3 Å². The highest BCUT2D eigenvalue weighted by Gasteiger charge is 2.43. The van der Waals surface area contributed by atoms with Gasteiger partial charge in [-0.1, -0.05) is 0 Å². The molecule has 0 spiro atoms. The fraction of sp³-hybridized carbons (Fsp3) is 0.538. The molecule has 0 aromatic heterocycles. The number of carboxylic acid groups (broad SMARTS) is 1. The standard InChI is InChI=1S/C13H24BN7O6/c1-4(22)19-8-5(20-12(15)16)2-7(11(25)26)27-10(8)9(24)6(23)3-18-13(17)21-14/h2,5-6,8-10,23-24H,3,14H2,1H3,(H,19,22)(H,25,26)(H4,15,16,20)(H3,17,18,21)/t5-,6+,8+,9+,10+/m0/s1. The predicted molar refractivity (Wildman–Crippen MR) is 96.5 cm³/mol. The van der Waals surface area contributed by atoms with E-state index < -0.39 is 54.0 Å². The number of carbonyl (C=O) groups excluding carboxylic acids is 1. The molecule has 0 aromatic carbocycles. The number of carboxylic acids is 1. The topological polar surface area (TPSA) is 226 Å². The molecule has 27 heavy (non-hydrogen) atoms. The number of nitrogens with one attached hydrogen (secondary N) is 6. The zero-order chi connectivity index (χ0) is 20.7. The van der Waals surface area contributed by atoms with E-state index in [0.717, 1.165) is 6.08 Å². The van der Waals surface area contributed by atoms with E-state index in [1.54, 1.807) is 0 Å². The second-order valence-corrected chi connectivity index (χ2v) is 5.79. The van der Waals surface area contributed by atoms with Gasteiger partial charge in [-0.2, -0.15) is 0 Å². The first-order valence-electron chi connectivity index (χ1n) is 7.92. The Hall–Kier alpha value is -3.00. The molecule has 1 heterocycles. The number of ether oxygens (including phenoxy) is 1. The van der Waals surface area contributed by atoms with Gasteiger partial charge in [-0.05, 0) is 6.08 Å². The van der Waals surface area contributed by atoms with Crippen LogP contribution in [0.1, 0.15) is 6.92 Å². The summed E-state index contributed by atoms with van der Waals surface area (Å²) in [6.45, 7) is 0.960. The largest absolute Gasteiger partial charge is 0.478 e. The molecule has 0 aromatic rings. The van der Waals surface area contributed by atoms with E-state index in [0.29, 0.717) is 0 Å². The zero-order valence-electron chi connectivity index (χ0n) is 14.8. The van der Waals surface area contributed by atoms with E-state index in [9.17, 15) is 24.9 Å². The Labute approximate surface area is 155 Å². The average Bonchev–Trinajstić information content (AvgIpc) is 2.58. The third-order valence-electron chi connectivity index (χ3n) is 3.71. The molecule has 0 radical (unpaired) electrons. The quantitative estimate of drug-likeness (QED) is 0.114. The summed E-state index contributed by atoms with van der Waals surface area (Å²) in [4.78, 5) is 22.9. The van der Waals surface area contributed by atoms with Gasteiger partial charge in [0.2, 0.25) is 19.6 Å². The third kappa shape index (κ3) is 6.34. The van der Waals surface area contributed by atoms with Crippen molar-refractivity contribution in [3.63, 3.8) is 0 Å². The Bertz CT molecular complexity index is 630. The van der Waals surface area contributed by atoms with Gasteiger partial charge in [0.1, 0.15) is 18.3 Å². The number of aliphatic hydroxyl groups excluding tert-OH is 2. The highest BCUT2D eigenvalue weighted by atomic mass is 16.5. The van der Waals surface area contributed by atoms with E-state index in [1.807, 2.05) is 0 Å². The molecule has 0 unspecified atom stereocenters. The van der Waals surface area contributed by atoms with Gasteiger partial charge in [0.25, 0.3) is 0 Å². The molecule has 1 amide bonds. The fourth-order valence-corrected chi connectivity index (χ4v) is 2.49. The van der Waals surface area contributed by atoms with Crippen molar-refractivity contribution in [3.8, 4) is 0 Å². The summed E-state index contributed by atoms with van der Waals surface area (Å²) < 4.78 is 5.28. The number of hydrogen-bond acceptors (Lipinski definition) is 7. The van der Waals surface area contributed by atoms with E-state index in [-0.39, 0.29) is 12.5 Å². The van der Waals surface area contributed by atoms with Gasteiger partial charge in [-0.3, -0.25) is 15.6 Å². The SMILES string of the molecule is BNC(=N)NC[C@@H](O)[C@@H](O)[C@@H]1OC(C(=O)O)=C[C@H](NC(=N)N)[C@H]1NC(C)=O. The predicted octanol–water partition coefficient (Wildman–Crippen LogP) is -4.91. The Morgan fingerprint density at radius 1 is 1.37 bits per heavy atom. The summed E-state index contributed by atoms with van der Waals surface area (Å²) in [5.74, 6) is -3.08. The minimum atomic E-state index is -1.64. The van der Waals surface area contributed by atoms with Crippen molar-refractivity contribution in [1.82, 2.24) is 21.2 Å². The minimum absolute atomic E-state index is 0.105. The van der Waals surface area contributed by atoms with Gasteiger partial charge in [-0.25, -0.2) is 4.79 Å². The van der Waals surface area contributed by atoms with Gasteiger partial charge in [-0.15, -0.1) is 0 Å². The normalized spacial score (nSPS) is 23.7. The number of aliphatic carboxylic acids is 1. The molecule has 1 aliphatic heterocycles. The van der Waals surface area contributed by atoms with E-state index >= 15 is 0 Å². The van der Waals surface area contributed by atoms with Gasteiger partial charge in [0, 0.05) is 13.5 Å². The number of hydrogen-bond donors (Lipinski definition) is 10. The molecule has 0 aliphatic carbocycles. The molecule has 1 rings (SSSR count). The number of carbonyl (C=O) groups is 2. The smallest absolute Gasteiger partial charge is 0.370 e. The molecule has 0 saturated heterocycles. The van der Waals surface area contributed by atoms with Crippen LogP contribution in [0.5, 0.6) is 0 Å². The molecule has 5 atom stereocenters. The summed E-state index contributed by atoms with van der Waals surface area (Å²) >= 11 is 0. The highest BCUT2D eigenvalue weighted by Crippen LogP contribution is 2.23. The number of guanidine groups is 2. The molecule has 150 valence electrons. The summed E-state index contributed by atoms with van der Waals surface area (Å²) in [7, 11) is 1.48. The van der Waals surface area contributed by atoms with Crippen LogP contribution in [0.15, 0.2) is 11.8 Å². The van der Waals surface area contributed by atoms with Crippen LogP contribution in [-0.2, 0) is 14.3 Å². The number of rotatable bonds is 7. The van der Waals surface area contributed by atoms with E-state index in [1.165, 1.54) is 14.9 Å². The summed E-state index contributed by atoms with van der Waals surface area (Å²) in [5.41, 5.74) is 5.31. The zero-order valence-corrected chi connectivity index (χ0v) is 14.8. The van der Waals surface area contributed by atoms with Crippen LogP contribution in [0.3, 0.4) is 0 Å². The van der Waals surface area contributed by atoms with Crippen molar-refractivity contribution in [2.45, 2.75) is 37.3 Å². The molecule has 0 saturated carbocycles. The third-order valence-corrected chi connectivity index (χ3v) is 3.71. The monoisotopic (exact) mass is 385 g/mol. The molecular weight excluding hydrogens is 361 g/mol. The average molecular weight is 385 g/mol. The molecule has 0 bridgehead atoms. The van der Waals surface area contributed by atoms with Crippen molar-refractivity contribution in [3.05, 3.63) is 11.8 Å². The van der Waals surface area contributed by atoms with Crippen LogP contribution >= 0.6 is 0 Å². The molecule has 0 fully saturated rings. The highest BCUT2D eigenvalue weighted by molar-refractivity contribution is 6.14. The molecule has 14 heteroatoms. The Morgan fingerprint density at radius 2 is 2.00 bits per heavy atom. The number of amides is 1. The van der Waals surface area contributed by atoms with Crippen molar-refractivity contribution in [2.24, 2.45) is 5.73 Å². The van der Waals surface area contributed by atoms with Crippen molar-refractivity contribution >= 4 is 31.8 Å². The number of aliphatic hydroxyl groups is 2. The van der Waals surface area contributed by atoms with Crippen molar-refractivity contribution < 1.29 is 29.6 Å². The van der Waals surface area contributed by atoms with Crippen LogP contribution < -0.4 is 26.9 Å². The molecule has 1 aliphatic rings. The lowest BCUT2D eigenvalue weighted by Crippen LogP contribution is -2.64. The fourth-order valence-electron chi connectivity index (χ4n) is 2.49. The summed E-state index contributed by atoms with van der Waals surface area (Å²) in [6, 6.07) is -2.02. The first-order chi connectivity index (χ1) is 12.6. The van der Waals surface area contributed by atoms with Crippen LogP contribution in [0.2, 0.25) is 0 Å².